The number of benzene rings is 1. The van der Waals surface area contributed by atoms with Gasteiger partial charge in [0.15, 0.2) is 5.15 Å². The van der Waals surface area contributed by atoms with E-state index in [0.29, 0.717) is 10.7 Å². The van der Waals surface area contributed by atoms with Gasteiger partial charge in [0.05, 0.1) is 5.52 Å². The van der Waals surface area contributed by atoms with E-state index < -0.39 is 0 Å². The van der Waals surface area contributed by atoms with E-state index in [0.717, 1.165) is 20.8 Å². The predicted octanol–water partition coefficient (Wildman–Crippen LogP) is 3.53. The first-order valence-electron chi connectivity index (χ1n) is 4.34. The van der Waals surface area contributed by atoms with Gasteiger partial charge in [-0.1, -0.05) is 27.5 Å². The molecule has 2 aromatic heterocycles. The highest BCUT2D eigenvalue weighted by atomic mass is 79.9. The summed E-state index contributed by atoms with van der Waals surface area (Å²) in [5.41, 5.74) is 1.58. The summed E-state index contributed by atoms with van der Waals surface area (Å²) in [7, 11) is 0. The molecule has 2 heterocycles. The number of rotatable bonds is 0. The third kappa shape index (κ3) is 1.33. The van der Waals surface area contributed by atoms with Crippen LogP contribution < -0.4 is 0 Å². The van der Waals surface area contributed by atoms with E-state index in [1.54, 1.807) is 0 Å². The Kier molecular flexibility index (Phi) is 1.94. The molecule has 1 N–H and O–H groups in total. The topological polar surface area (TPSA) is 41.6 Å². The molecule has 0 aliphatic rings. The lowest BCUT2D eigenvalue weighted by molar-refractivity contribution is 1.12. The second-order valence-corrected chi connectivity index (χ2v) is 4.49. The van der Waals surface area contributed by atoms with Crippen LogP contribution in [0.5, 0.6) is 0 Å². The van der Waals surface area contributed by atoms with Crippen molar-refractivity contribution in [2.24, 2.45) is 0 Å². The number of hydrogen-bond acceptors (Lipinski definition) is 2. The molecular formula is C10H5BrClN3. The summed E-state index contributed by atoms with van der Waals surface area (Å²) < 4.78 is 1.02. The summed E-state index contributed by atoms with van der Waals surface area (Å²) in [6.45, 7) is 0. The molecule has 0 aliphatic heterocycles. The largest absolute Gasteiger partial charge is 0.284 e. The van der Waals surface area contributed by atoms with Crippen LogP contribution in [0.3, 0.4) is 0 Å². The molecule has 5 heteroatoms. The molecule has 0 amide bonds. The van der Waals surface area contributed by atoms with Gasteiger partial charge in [-0.2, -0.15) is 5.10 Å². The van der Waals surface area contributed by atoms with Crippen LogP contribution in [0.2, 0.25) is 5.15 Å². The molecule has 0 atom stereocenters. The quantitative estimate of drug-likeness (QED) is 0.641. The van der Waals surface area contributed by atoms with Crippen molar-refractivity contribution in [3.05, 3.63) is 34.0 Å². The Bertz CT molecular complexity index is 662. The van der Waals surface area contributed by atoms with E-state index in [-0.39, 0.29) is 0 Å². The maximum absolute atomic E-state index is 6.01. The zero-order valence-corrected chi connectivity index (χ0v) is 9.80. The zero-order valence-electron chi connectivity index (χ0n) is 7.46. The first-order chi connectivity index (χ1) is 7.25. The van der Waals surface area contributed by atoms with Crippen molar-refractivity contribution in [2.45, 2.75) is 0 Å². The van der Waals surface area contributed by atoms with Crippen LogP contribution in [0.25, 0.3) is 21.8 Å². The fraction of sp³-hybridized carbons (Fsp3) is 0. The van der Waals surface area contributed by atoms with E-state index in [1.165, 1.54) is 0 Å². The highest BCUT2D eigenvalue weighted by Crippen LogP contribution is 2.29. The van der Waals surface area contributed by atoms with Gasteiger partial charge in [-0.3, -0.25) is 5.10 Å². The molecule has 0 fully saturated rings. The second-order valence-electron chi connectivity index (χ2n) is 3.21. The lowest BCUT2D eigenvalue weighted by atomic mass is 10.1. The third-order valence-electron chi connectivity index (χ3n) is 2.30. The van der Waals surface area contributed by atoms with Gasteiger partial charge >= 0.3 is 0 Å². The molecule has 3 rings (SSSR count). The SMILES string of the molecule is Clc1nc2ccc(Br)cc2c2c[nH]nc12. The molecular weight excluding hydrogens is 277 g/mol. The van der Waals surface area contributed by atoms with Crippen molar-refractivity contribution in [2.75, 3.05) is 0 Å². The summed E-state index contributed by atoms with van der Waals surface area (Å²) in [4.78, 5) is 4.28. The van der Waals surface area contributed by atoms with Crippen molar-refractivity contribution >= 4 is 49.3 Å². The molecule has 74 valence electrons. The molecule has 0 saturated carbocycles. The van der Waals surface area contributed by atoms with Crippen molar-refractivity contribution in [3.8, 4) is 0 Å². The Morgan fingerprint density at radius 1 is 1.27 bits per heavy atom. The smallest absolute Gasteiger partial charge is 0.157 e. The summed E-state index contributed by atoms with van der Waals surface area (Å²) in [5.74, 6) is 0. The number of aromatic amines is 1. The average Bonchev–Trinajstić information content (AvgIpc) is 2.69. The van der Waals surface area contributed by atoms with E-state index >= 15 is 0 Å². The van der Waals surface area contributed by atoms with Crippen molar-refractivity contribution in [3.63, 3.8) is 0 Å². The van der Waals surface area contributed by atoms with Crippen molar-refractivity contribution < 1.29 is 0 Å². The number of fused-ring (bicyclic) bond motifs is 3. The van der Waals surface area contributed by atoms with Gasteiger partial charge in [-0.25, -0.2) is 4.98 Å². The Morgan fingerprint density at radius 3 is 3.00 bits per heavy atom. The van der Waals surface area contributed by atoms with Crippen LogP contribution >= 0.6 is 27.5 Å². The van der Waals surface area contributed by atoms with Gasteiger partial charge in [0.2, 0.25) is 0 Å². The number of pyridine rings is 1. The summed E-state index contributed by atoms with van der Waals surface area (Å²) in [5, 5.41) is 9.33. The first-order valence-corrected chi connectivity index (χ1v) is 5.51. The first kappa shape index (κ1) is 9.12. The van der Waals surface area contributed by atoms with E-state index in [1.807, 2.05) is 24.4 Å². The van der Waals surface area contributed by atoms with Gasteiger partial charge in [-0.15, -0.1) is 0 Å². The van der Waals surface area contributed by atoms with Crippen LogP contribution in [0.4, 0.5) is 0 Å². The van der Waals surface area contributed by atoms with Gasteiger partial charge in [-0.05, 0) is 18.2 Å². The highest BCUT2D eigenvalue weighted by Gasteiger charge is 2.08. The summed E-state index contributed by atoms with van der Waals surface area (Å²) in [6.07, 6.45) is 1.83. The predicted molar refractivity (Wildman–Crippen MR) is 64.1 cm³/mol. The zero-order chi connectivity index (χ0) is 10.4. The average molecular weight is 283 g/mol. The number of nitrogens with zero attached hydrogens (tertiary/aromatic N) is 2. The molecule has 0 bridgehead atoms. The number of hydrogen-bond donors (Lipinski definition) is 1. The second kappa shape index (κ2) is 3.18. The Hall–Kier alpha value is -1.13. The fourth-order valence-electron chi connectivity index (χ4n) is 1.63. The third-order valence-corrected chi connectivity index (χ3v) is 3.06. The molecule has 0 aliphatic carbocycles. The number of halogens is 2. The molecule has 0 spiro atoms. The summed E-state index contributed by atoms with van der Waals surface area (Å²) in [6, 6.07) is 5.88. The van der Waals surface area contributed by atoms with E-state index in [4.69, 9.17) is 11.6 Å². The van der Waals surface area contributed by atoms with Crippen LogP contribution in [-0.4, -0.2) is 15.2 Å². The minimum absolute atomic E-state index is 0.432. The number of nitrogens with one attached hydrogen (secondary N) is 1. The molecule has 3 nitrogen and oxygen atoms in total. The molecule has 3 aromatic rings. The Labute approximate surface area is 98.6 Å². The molecule has 15 heavy (non-hydrogen) atoms. The normalized spacial score (nSPS) is 11.3. The summed E-state index contributed by atoms with van der Waals surface area (Å²) >= 11 is 9.45. The van der Waals surface area contributed by atoms with Gasteiger partial charge in [0.25, 0.3) is 0 Å². The number of H-pyrrole nitrogens is 1. The maximum atomic E-state index is 6.01. The molecule has 0 unspecified atom stereocenters. The maximum Gasteiger partial charge on any atom is 0.157 e. The standard InChI is InChI=1S/C10H5BrClN3/c11-5-1-2-8-6(3-5)7-4-13-15-9(7)10(12)14-8/h1-4H,(H,13,15). The van der Waals surface area contributed by atoms with Crippen molar-refractivity contribution in [1.82, 2.24) is 15.2 Å². The van der Waals surface area contributed by atoms with Gasteiger partial charge in [0, 0.05) is 21.4 Å². The van der Waals surface area contributed by atoms with Gasteiger partial charge in [0.1, 0.15) is 5.52 Å². The van der Waals surface area contributed by atoms with Gasteiger partial charge < -0.3 is 0 Å². The minimum atomic E-state index is 0.432. The minimum Gasteiger partial charge on any atom is -0.284 e. The lowest BCUT2D eigenvalue weighted by Gasteiger charge is -2.00. The Balaban J connectivity index is 2.61. The van der Waals surface area contributed by atoms with Crippen molar-refractivity contribution in [1.29, 1.82) is 0 Å². The highest BCUT2D eigenvalue weighted by molar-refractivity contribution is 9.10. The Morgan fingerprint density at radius 2 is 2.13 bits per heavy atom. The van der Waals surface area contributed by atoms with Crippen LogP contribution in [0, 0.1) is 0 Å². The molecule has 1 aromatic carbocycles. The lowest BCUT2D eigenvalue weighted by Crippen LogP contribution is -1.82. The van der Waals surface area contributed by atoms with E-state index in [9.17, 15) is 0 Å². The fourth-order valence-corrected chi connectivity index (χ4v) is 2.23. The van der Waals surface area contributed by atoms with E-state index in [2.05, 4.69) is 31.1 Å². The molecule has 0 radical (unpaired) electrons. The molecule has 0 saturated heterocycles. The van der Waals surface area contributed by atoms with Crippen LogP contribution in [-0.2, 0) is 0 Å². The van der Waals surface area contributed by atoms with Crippen LogP contribution in [0.1, 0.15) is 0 Å². The monoisotopic (exact) mass is 281 g/mol. The number of aromatic nitrogens is 3. The van der Waals surface area contributed by atoms with Crippen LogP contribution in [0.15, 0.2) is 28.9 Å².